The number of fused-ring (bicyclic) bond motifs is 1. The van der Waals surface area contributed by atoms with E-state index in [4.69, 9.17) is 11.6 Å². The summed E-state index contributed by atoms with van der Waals surface area (Å²) in [5, 5.41) is 14.1. The smallest absolute Gasteiger partial charge is 0.227 e. The Hall–Kier alpha value is -2.18. The summed E-state index contributed by atoms with van der Waals surface area (Å²) in [6.07, 6.45) is 3.41. The molecule has 3 rings (SSSR count). The monoisotopic (exact) mass is 387 g/mol. The SMILES string of the molecule is CC(C)C[C@H](CO)Nc1nc(Cl)nc(CC(C)c2ccc3cc[nH]c3c2)n1. The third kappa shape index (κ3) is 5.17. The van der Waals surface area contributed by atoms with Crippen LogP contribution in [0.1, 0.15) is 44.5 Å². The van der Waals surface area contributed by atoms with Gasteiger partial charge in [0.1, 0.15) is 5.82 Å². The predicted octanol–water partition coefficient (Wildman–Crippen LogP) is 4.17. The van der Waals surface area contributed by atoms with Gasteiger partial charge in [-0.1, -0.05) is 32.9 Å². The molecule has 1 unspecified atom stereocenters. The Morgan fingerprint density at radius 1 is 1.15 bits per heavy atom. The van der Waals surface area contributed by atoms with E-state index in [2.05, 4.69) is 70.3 Å². The third-order valence-corrected chi connectivity index (χ3v) is 4.77. The molecule has 0 spiro atoms. The second kappa shape index (κ2) is 8.67. The van der Waals surface area contributed by atoms with Crippen LogP contribution in [-0.2, 0) is 6.42 Å². The van der Waals surface area contributed by atoms with E-state index in [1.807, 2.05) is 6.20 Å². The molecule has 0 bridgehead atoms. The van der Waals surface area contributed by atoms with E-state index in [-0.39, 0.29) is 23.9 Å². The van der Waals surface area contributed by atoms with Crippen molar-refractivity contribution >= 4 is 28.5 Å². The number of halogens is 1. The van der Waals surface area contributed by atoms with Gasteiger partial charge in [0, 0.05) is 18.1 Å². The van der Waals surface area contributed by atoms with Gasteiger partial charge >= 0.3 is 0 Å². The summed E-state index contributed by atoms with van der Waals surface area (Å²) in [6.45, 7) is 6.38. The van der Waals surface area contributed by atoms with Crippen LogP contribution in [0.3, 0.4) is 0 Å². The number of anilines is 1. The summed E-state index contributed by atoms with van der Waals surface area (Å²) in [5.74, 6) is 1.73. The molecule has 3 N–H and O–H groups in total. The van der Waals surface area contributed by atoms with E-state index in [0.717, 1.165) is 11.9 Å². The Labute approximate surface area is 164 Å². The van der Waals surface area contributed by atoms with Gasteiger partial charge in [0.25, 0.3) is 0 Å². The first-order chi connectivity index (χ1) is 12.9. The highest BCUT2D eigenvalue weighted by atomic mass is 35.5. The number of hydrogen-bond acceptors (Lipinski definition) is 5. The first kappa shape index (κ1) is 19.6. The van der Waals surface area contributed by atoms with Gasteiger partial charge in [-0.15, -0.1) is 0 Å². The van der Waals surface area contributed by atoms with Gasteiger partial charge in [0.2, 0.25) is 11.2 Å². The summed E-state index contributed by atoms with van der Waals surface area (Å²) >= 11 is 6.11. The Bertz CT molecular complexity index is 895. The standard InChI is InChI=1S/C20H26ClN5O/c1-12(2)8-16(11-27)23-20-25-18(24-19(21)26-20)9-13(3)15-5-4-14-6-7-22-17(14)10-15/h4-7,10,12-13,16,22,27H,8-9,11H2,1-3H3,(H,23,24,25,26)/t13?,16-/m1/s1. The van der Waals surface area contributed by atoms with Crippen molar-refractivity contribution in [1.82, 2.24) is 19.9 Å². The van der Waals surface area contributed by atoms with Crippen molar-refractivity contribution in [1.29, 1.82) is 0 Å². The first-order valence-corrected chi connectivity index (χ1v) is 9.67. The quantitative estimate of drug-likeness (QED) is 0.540. The average Bonchev–Trinajstić information content (AvgIpc) is 3.07. The molecule has 2 atom stereocenters. The second-order valence-corrected chi connectivity index (χ2v) is 7.77. The van der Waals surface area contributed by atoms with Crippen LogP contribution in [-0.4, -0.2) is 37.7 Å². The van der Waals surface area contributed by atoms with E-state index >= 15 is 0 Å². The van der Waals surface area contributed by atoms with Gasteiger partial charge in [-0.25, -0.2) is 4.98 Å². The lowest BCUT2D eigenvalue weighted by Gasteiger charge is -2.18. The Morgan fingerprint density at radius 3 is 2.70 bits per heavy atom. The van der Waals surface area contributed by atoms with Crippen molar-refractivity contribution in [3.63, 3.8) is 0 Å². The molecule has 0 fully saturated rings. The van der Waals surface area contributed by atoms with Gasteiger partial charge in [0.05, 0.1) is 12.6 Å². The fourth-order valence-electron chi connectivity index (χ4n) is 3.24. The molecular weight excluding hydrogens is 362 g/mol. The summed E-state index contributed by atoms with van der Waals surface area (Å²) in [4.78, 5) is 16.2. The molecule has 144 valence electrons. The molecule has 1 aromatic carbocycles. The molecule has 27 heavy (non-hydrogen) atoms. The van der Waals surface area contributed by atoms with Crippen molar-refractivity contribution < 1.29 is 5.11 Å². The number of aromatic nitrogens is 4. The molecule has 0 aliphatic rings. The molecule has 2 aromatic heterocycles. The van der Waals surface area contributed by atoms with Crippen molar-refractivity contribution in [3.8, 4) is 0 Å². The summed E-state index contributed by atoms with van der Waals surface area (Å²) < 4.78 is 0. The highest BCUT2D eigenvalue weighted by Gasteiger charge is 2.15. The Morgan fingerprint density at radius 2 is 1.96 bits per heavy atom. The minimum atomic E-state index is -0.107. The third-order valence-electron chi connectivity index (χ3n) is 4.60. The normalized spacial score (nSPS) is 13.9. The minimum Gasteiger partial charge on any atom is -0.394 e. The molecule has 2 heterocycles. The van der Waals surface area contributed by atoms with Gasteiger partial charge in [0.15, 0.2) is 0 Å². The fraction of sp³-hybridized carbons (Fsp3) is 0.450. The molecule has 0 aliphatic carbocycles. The minimum absolute atomic E-state index is 0.0172. The molecule has 7 heteroatoms. The van der Waals surface area contributed by atoms with Gasteiger partial charge < -0.3 is 15.4 Å². The van der Waals surface area contributed by atoms with Crippen LogP contribution in [0.5, 0.6) is 0 Å². The van der Waals surface area contributed by atoms with Crippen LogP contribution in [0.15, 0.2) is 30.5 Å². The van der Waals surface area contributed by atoms with Gasteiger partial charge in [-0.3, -0.25) is 0 Å². The van der Waals surface area contributed by atoms with E-state index in [9.17, 15) is 5.11 Å². The maximum absolute atomic E-state index is 9.57. The number of H-pyrrole nitrogens is 1. The van der Waals surface area contributed by atoms with Crippen molar-refractivity contribution in [2.45, 2.75) is 45.6 Å². The lowest BCUT2D eigenvalue weighted by Crippen LogP contribution is -2.27. The van der Waals surface area contributed by atoms with E-state index < -0.39 is 0 Å². The molecule has 3 aromatic rings. The lowest BCUT2D eigenvalue weighted by molar-refractivity contribution is 0.259. The van der Waals surface area contributed by atoms with Crippen LogP contribution in [0.4, 0.5) is 5.95 Å². The Balaban J connectivity index is 1.74. The number of benzene rings is 1. The maximum atomic E-state index is 9.57. The molecule has 0 saturated heterocycles. The van der Waals surface area contributed by atoms with Crippen LogP contribution in [0.25, 0.3) is 10.9 Å². The van der Waals surface area contributed by atoms with Crippen molar-refractivity contribution in [2.24, 2.45) is 5.92 Å². The zero-order valence-corrected chi connectivity index (χ0v) is 16.7. The topological polar surface area (TPSA) is 86.7 Å². The second-order valence-electron chi connectivity index (χ2n) is 7.43. The van der Waals surface area contributed by atoms with E-state index in [0.29, 0.717) is 24.1 Å². The predicted molar refractivity (Wildman–Crippen MR) is 109 cm³/mol. The highest BCUT2D eigenvalue weighted by molar-refractivity contribution is 6.28. The van der Waals surface area contributed by atoms with Crippen LogP contribution < -0.4 is 5.32 Å². The summed E-state index contributed by atoms with van der Waals surface area (Å²) in [6, 6.07) is 8.36. The largest absolute Gasteiger partial charge is 0.394 e. The number of rotatable bonds is 8. The molecule has 0 aliphatic heterocycles. The maximum Gasteiger partial charge on any atom is 0.227 e. The van der Waals surface area contributed by atoms with Crippen molar-refractivity contribution in [2.75, 3.05) is 11.9 Å². The zero-order valence-electron chi connectivity index (χ0n) is 15.9. The molecular formula is C20H26ClN5O. The average molecular weight is 388 g/mol. The lowest BCUT2D eigenvalue weighted by atomic mass is 9.96. The molecule has 0 amide bonds. The van der Waals surface area contributed by atoms with Crippen LogP contribution in [0.2, 0.25) is 5.28 Å². The van der Waals surface area contributed by atoms with Gasteiger partial charge in [-0.2, -0.15) is 9.97 Å². The van der Waals surface area contributed by atoms with Crippen LogP contribution in [0, 0.1) is 5.92 Å². The Kier molecular flexibility index (Phi) is 6.29. The number of aliphatic hydroxyl groups excluding tert-OH is 1. The number of nitrogens with one attached hydrogen (secondary N) is 2. The van der Waals surface area contributed by atoms with Gasteiger partial charge in [-0.05, 0) is 52.9 Å². The van der Waals surface area contributed by atoms with Crippen LogP contribution >= 0.6 is 11.6 Å². The van der Waals surface area contributed by atoms with E-state index in [1.165, 1.54) is 10.9 Å². The number of hydrogen-bond donors (Lipinski definition) is 3. The van der Waals surface area contributed by atoms with Crippen molar-refractivity contribution in [3.05, 3.63) is 47.1 Å². The zero-order chi connectivity index (χ0) is 19.4. The number of aromatic amines is 1. The molecule has 0 radical (unpaired) electrons. The van der Waals surface area contributed by atoms with E-state index in [1.54, 1.807) is 0 Å². The number of aliphatic hydroxyl groups is 1. The summed E-state index contributed by atoms with van der Waals surface area (Å²) in [5.41, 5.74) is 2.33. The first-order valence-electron chi connectivity index (χ1n) is 9.29. The molecule has 6 nitrogen and oxygen atoms in total. The molecule has 0 saturated carbocycles. The summed E-state index contributed by atoms with van der Waals surface area (Å²) in [7, 11) is 0. The highest BCUT2D eigenvalue weighted by Crippen LogP contribution is 2.24. The number of nitrogens with zero attached hydrogens (tertiary/aromatic N) is 3. The fourth-order valence-corrected chi connectivity index (χ4v) is 3.42.